The monoisotopic (exact) mass is 253 g/mol. The third-order valence-electron chi connectivity index (χ3n) is 5.05. The van der Waals surface area contributed by atoms with E-state index < -0.39 is 0 Å². The number of hydrogen-bond acceptors (Lipinski definition) is 2. The molecule has 1 aliphatic carbocycles. The molecule has 1 saturated carbocycles. The lowest BCUT2D eigenvalue weighted by atomic mass is 9.89. The topological polar surface area (TPSA) is 21.3 Å². The maximum absolute atomic E-state index is 5.53. The van der Waals surface area contributed by atoms with E-state index in [-0.39, 0.29) is 0 Å². The predicted octanol–water partition coefficient (Wildman–Crippen LogP) is 3.61. The molecule has 2 heteroatoms. The predicted molar refractivity (Wildman–Crippen MR) is 76.7 cm³/mol. The molecular formula is C16H31NO. The molecule has 0 aromatic heterocycles. The largest absolute Gasteiger partial charge is 0.381 e. The number of nitrogens with one attached hydrogen (secondary N) is 1. The molecule has 2 rings (SSSR count). The van der Waals surface area contributed by atoms with Crippen LogP contribution in [0.15, 0.2) is 0 Å². The quantitative estimate of drug-likeness (QED) is 0.776. The Morgan fingerprint density at radius 1 is 1.06 bits per heavy atom. The molecule has 2 nitrogen and oxygen atoms in total. The minimum absolute atomic E-state index is 0.683. The molecule has 2 fully saturated rings. The van der Waals surface area contributed by atoms with Gasteiger partial charge in [0.1, 0.15) is 0 Å². The van der Waals surface area contributed by atoms with Gasteiger partial charge in [-0.3, -0.25) is 0 Å². The van der Waals surface area contributed by atoms with Crippen molar-refractivity contribution < 1.29 is 4.74 Å². The Morgan fingerprint density at radius 3 is 2.61 bits per heavy atom. The summed E-state index contributed by atoms with van der Waals surface area (Å²) in [5.74, 6) is 2.51. The van der Waals surface area contributed by atoms with Crippen molar-refractivity contribution in [2.45, 2.75) is 71.4 Å². The molecule has 1 aliphatic heterocycles. The van der Waals surface area contributed by atoms with Gasteiger partial charge in [0, 0.05) is 18.7 Å². The van der Waals surface area contributed by atoms with Crippen molar-refractivity contribution in [3.8, 4) is 0 Å². The van der Waals surface area contributed by atoms with Gasteiger partial charge in [-0.15, -0.1) is 0 Å². The van der Waals surface area contributed by atoms with E-state index >= 15 is 0 Å². The zero-order chi connectivity index (χ0) is 13.0. The Kier molecular flexibility index (Phi) is 5.50. The van der Waals surface area contributed by atoms with Crippen LogP contribution in [0.4, 0.5) is 0 Å². The van der Waals surface area contributed by atoms with E-state index in [4.69, 9.17) is 4.74 Å². The van der Waals surface area contributed by atoms with Crippen LogP contribution in [-0.2, 0) is 4.74 Å². The first-order valence-electron chi connectivity index (χ1n) is 8.00. The van der Waals surface area contributed by atoms with E-state index in [0.29, 0.717) is 12.0 Å². The van der Waals surface area contributed by atoms with Gasteiger partial charge in [0.15, 0.2) is 0 Å². The molecule has 0 aromatic carbocycles. The van der Waals surface area contributed by atoms with Gasteiger partial charge in [0.2, 0.25) is 0 Å². The second kappa shape index (κ2) is 6.91. The highest BCUT2D eigenvalue weighted by atomic mass is 16.5. The molecule has 1 heterocycles. The van der Waals surface area contributed by atoms with Crippen LogP contribution in [0.5, 0.6) is 0 Å². The molecule has 1 saturated heterocycles. The maximum Gasteiger partial charge on any atom is 0.0506 e. The van der Waals surface area contributed by atoms with Crippen LogP contribution in [0, 0.1) is 17.8 Å². The molecular weight excluding hydrogens is 222 g/mol. The smallest absolute Gasteiger partial charge is 0.0506 e. The van der Waals surface area contributed by atoms with Crippen molar-refractivity contribution in [3.63, 3.8) is 0 Å². The van der Waals surface area contributed by atoms with Crippen LogP contribution < -0.4 is 5.32 Å². The Morgan fingerprint density at radius 2 is 1.89 bits per heavy atom. The number of hydrogen-bond donors (Lipinski definition) is 1. The van der Waals surface area contributed by atoms with Crippen LogP contribution in [0.1, 0.15) is 59.3 Å². The lowest BCUT2D eigenvalue weighted by molar-refractivity contribution is 0.0351. The Bertz CT molecular complexity index is 241. The summed E-state index contributed by atoms with van der Waals surface area (Å²) < 4.78 is 5.53. The van der Waals surface area contributed by atoms with Crippen molar-refractivity contribution in [1.82, 2.24) is 5.32 Å². The summed E-state index contributed by atoms with van der Waals surface area (Å²) in [4.78, 5) is 0. The van der Waals surface area contributed by atoms with Crippen LogP contribution in [0.25, 0.3) is 0 Å². The highest BCUT2D eigenvalue weighted by Crippen LogP contribution is 2.29. The van der Waals surface area contributed by atoms with E-state index in [2.05, 4.69) is 26.1 Å². The van der Waals surface area contributed by atoms with Gasteiger partial charge >= 0.3 is 0 Å². The Hall–Kier alpha value is -0.0800. The third kappa shape index (κ3) is 3.96. The second-order valence-corrected chi connectivity index (χ2v) is 6.82. The van der Waals surface area contributed by atoms with Gasteiger partial charge in [-0.25, -0.2) is 0 Å². The molecule has 2 aliphatic rings. The fourth-order valence-electron chi connectivity index (χ4n) is 3.59. The maximum atomic E-state index is 5.53. The van der Waals surface area contributed by atoms with Crippen molar-refractivity contribution in [2.75, 3.05) is 13.2 Å². The zero-order valence-electron chi connectivity index (χ0n) is 12.5. The van der Waals surface area contributed by atoms with Crippen LogP contribution >= 0.6 is 0 Å². The minimum Gasteiger partial charge on any atom is -0.381 e. The second-order valence-electron chi connectivity index (χ2n) is 6.82. The van der Waals surface area contributed by atoms with Crippen molar-refractivity contribution in [1.29, 1.82) is 0 Å². The summed E-state index contributed by atoms with van der Waals surface area (Å²) in [7, 11) is 0. The normalized spacial score (nSPS) is 38.7. The Balaban J connectivity index is 1.79. The summed E-state index contributed by atoms with van der Waals surface area (Å²) in [5.41, 5.74) is 0. The SMILES string of the molecule is CC(C)C1CCCC(NC2CCOCC2C)CC1. The first-order valence-corrected chi connectivity index (χ1v) is 8.00. The third-order valence-corrected chi connectivity index (χ3v) is 5.05. The van der Waals surface area contributed by atoms with Crippen LogP contribution in [0.2, 0.25) is 0 Å². The lowest BCUT2D eigenvalue weighted by Gasteiger charge is -2.33. The Labute approximate surface area is 113 Å². The summed E-state index contributed by atoms with van der Waals surface area (Å²) in [6.07, 6.45) is 8.25. The first kappa shape index (κ1) is 14.3. The summed E-state index contributed by atoms with van der Waals surface area (Å²) in [6, 6.07) is 1.46. The van der Waals surface area contributed by atoms with Gasteiger partial charge in [-0.05, 0) is 43.4 Å². The summed E-state index contributed by atoms with van der Waals surface area (Å²) >= 11 is 0. The molecule has 1 N–H and O–H groups in total. The lowest BCUT2D eigenvalue weighted by Crippen LogP contribution is -2.46. The minimum atomic E-state index is 0.683. The molecule has 106 valence electrons. The van der Waals surface area contributed by atoms with E-state index in [1.807, 2.05) is 0 Å². The average Bonchev–Trinajstić information content (AvgIpc) is 2.58. The zero-order valence-corrected chi connectivity index (χ0v) is 12.5. The van der Waals surface area contributed by atoms with Crippen molar-refractivity contribution in [2.24, 2.45) is 17.8 Å². The molecule has 4 atom stereocenters. The fraction of sp³-hybridized carbons (Fsp3) is 1.00. The average molecular weight is 253 g/mol. The van der Waals surface area contributed by atoms with Crippen LogP contribution in [-0.4, -0.2) is 25.3 Å². The highest BCUT2D eigenvalue weighted by Gasteiger charge is 2.26. The summed E-state index contributed by atoms with van der Waals surface area (Å²) in [5, 5.41) is 3.93. The number of rotatable bonds is 3. The van der Waals surface area contributed by atoms with Crippen molar-refractivity contribution in [3.05, 3.63) is 0 Å². The molecule has 18 heavy (non-hydrogen) atoms. The van der Waals surface area contributed by atoms with Gasteiger partial charge in [0.05, 0.1) is 6.61 Å². The standard InChI is InChI=1S/C16H31NO/c1-12(2)14-5-4-6-15(8-7-14)17-16-9-10-18-11-13(16)3/h12-17H,4-11H2,1-3H3. The molecule has 0 spiro atoms. The van der Waals surface area contributed by atoms with Gasteiger partial charge in [0.25, 0.3) is 0 Å². The molecule has 0 aromatic rings. The number of ether oxygens (including phenoxy) is 1. The molecule has 0 amide bonds. The molecule has 0 radical (unpaired) electrons. The van der Waals surface area contributed by atoms with Gasteiger partial charge in [-0.2, -0.15) is 0 Å². The highest BCUT2D eigenvalue weighted by molar-refractivity contribution is 4.83. The fourth-order valence-corrected chi connectivity index (χ4v) is 3.59. The van der Waals surface area contributed by atoms with Gasteiger partial charge in [-0.1, -0.05) is 33.6 Å². The van der Waals surface area contributed by atoms with E-state index in [0.717, 1.165) is 31.1 Å². The molecule has 4 unspecified atom stereocenters. The first-order chi connectivity index (χ1) is 8.66. The molecule has 0 bridgehead atoms. The van der Waals surface area contributed by atoms with Crippen molar-refractivity contribution >= 4 is 0 Å². The van der Waals surface area contributed by atoms with E-state index in [1.165, 1.54) is 38.5 Å². The van der Waals surface area contributed by atoms with E-state index in [9.17, 15) is 0 Å². The van der Waals surface area contributed by atoms with Crippen LogP contribution in [0.3, 0.4) is 0 Å². The van der Waals surface area contributed by atoms with E-state index in [1.54, 1.807) is 0 Å². The summed E-state index contributed by atoms with van der Waals surface area (Å²) in [6.45, 7) is 8.99. The van der Waals surface area contributed by atoms with Gasteiger partial charge < -0.3 is 10.1 Å².